The Labute approximate surface area is 219 Å². The van der Waals surface area contributed by atoms with Gasteiger partial charge in [0.15, 0.2) is 6.23 Å². The molecule has 3 aliphatic rings. The van der Waals surface area contributed by atoms with E-state index in [0.717, 1.165) is 49.3 Å². The smallest absolute Gasteiger partial charge is 0.164 e. The number of fused-ring (bicyclic) bond motifs is 1. The van der Waals surface area contributed by atoms with Gasteiger partial charge in [-0.25, -0.2) is 9.97 Å². The van der Waals surface area contributed by atoms with Crippen LogP contribution in [0.3, 0.4) is 0 Å². The molecule has 0 amide bonds. The first kappa shape index (κ1) is 26.2. The molecular formula is C28H42N6O3. The summed E-state index contributed by atoms with van der Waals surface area (Å²) in [4.78, 5) is 12.7. The van der Waals surface area contributed by atoms with E-state index >= 15 is 0 Å². The van der Waals surface area contributed by atoms with Crippen LogP contribution < -0.4 is 11.1 Å². The fourth-order valence-corrected chi connectivity index (χ4v) is 5.86. The van der Waals surface area contributed by atoms with E-state index in [4.69, 9.17) is 15.5 Å². The number of nitrogens with one attached hydrogen (secondary N) is 2. The highest BCUT2D eigenvalue weighted by Crippen LogP contribution is 2.36. The number of nitrogens with two attached hydrogens (primary N) is 1. The number of rotatable bonds is 8. The molecule has 9 nitrogen and oxygen atoms in total. The van der Waals surface area contributed by atoms with Gasteiger partial charge in [-0.05, 0) is 55.9 Å². The summed E-state index contributed by atoms with van der Waals surface area (Å²) in [7, 11) is 0. The fraction of sp³-hybridized carbons (Fsp3) is 0.643. The van der Waals surface area contributed by atoms with Crippen molar-refractivity contribution in [1.29, 1.82) is 0 Å². The molecule has 3 heterocycles. The lowest BCUT2D eigenvalue weighted by molar-refractivity contribution is -0.0388. The quantitative estimate of drug-likeness (QED) is 0.369. The molecule has 5 atom stereocenters. The van der Waals surface area contributed by atoms with Crippen LogP contribution in [-0.4, -0.2) is 60.6 Å². The highest BCUT2D eigenvalue weighted by atomic mass is 16.6. The minimum Gasteiger partial charge on any atom is -0.397 e. The van der Waals surface area contributed by atoms with E-state index in [2.05, 4.69) is 54.8 Å². The molecule has 2 fully saturated rings. The molecule has 1 aliphatic heterocycles. The van der Waals surface area contributed by atoms with E-state index in [1.807, 2.05) is 6.92 Å². The average Bonchev–Trinajstić information content (AvgIpc) is 3.47. The summed E-state index contributed by atoms with van der Waals surface area (Å²) in [5, 5.41) is 24.7. The Morgan fingerprint density at radius 2 is 2.05 bits per heavy atom. The second-order valence-corrected chi connectivity index (χ2v) is 12.2. The van der Waals surface area contributed by atoms with Gasteiger partial charge in [0.05, 0.1) is 17.7 Å². The van der Waals surface area contributed by atoms with Crippen LogP contribution in [0.15, 0.2) is 19.0 Å². The molecule has 5 rings (SSSR count). The molecule has 2 aromatic rings. The van der Waals surface area contributed by atoms with Gasteiger partial charge in [-0.2, -0.15) is 0 Å². The van der Waals surface area contributed by atoms with Crippen LogP contribution >= 0.6 is 0 Å². The standard InChI is InChI=1S/C28H42N6O3/c1-15(29)24-16(2)34(14-31-24)27-26(36)25(35)22(37-27)13-30-19-10-17(11-19)6-9-23-32-20-8-7-18(28(3,4)5)12-21(20)33-23/h7-8,14,17-19,22,25-27,30,35-36H,1,6,9-13,29H2,2-5H3,(H,32,33)/t17?,18?,19?,22-,25-,26-,27-/m1/s1. The van der Waals surface area contributed by atoms with Crippen LogP contribution in [0.5, 0.6) is 0 Å². The van der Waals surface area contributed by atoms with E-state index in [9.17, 15) is 10.2 Å². The molecule has 9 heteroatoms. The molecule has 6 N–H and O–H groups in total. The van der Waals surface area contributed by atoms with Crippen LogP contribution in [0.1, 0.15) is 74.9 Å². The monoisotopic (exact) mass is 510 g/mol. The summed E-state index contributed by atoms with van der Waals surface area (Å²) in [5.74, 6) is 2.30. The third-order valence-corrected chi connectivity index (χ3v) is 8.47. The van der Waals surface area contributed by atoms with E-state index in [1.54, 1.807) is 10.9 Å². The number of hydrogen-bond donors (Lipinski definition) is 5. The van der Waals surface area contributed by atoms with Crippen molar-refractivity contribution in [1.82, 2.24) is 24.8 Å². The van der Waals surface area contributed by atoms with Crippen molar-refractivity contribution >= 4 is 11.8 Å². The second kappa shape index (κ2) is 10.0. The zero-order chi connectivity index (χ0) is 26.5. The Hall–Kier alpha value is -2.46. The largest absolute Gasteiger partial charge is 0.397 e. The van der Waals surface area contributed by atoms with Gasteiger partial charge in [-0.1, -0.05) is 33.4 Å². The van der Waals surface area contributed by atoms with Crippen LogP contribution in [0, 0.1) is 24.2 Å². The Morgan fingerprint density at radius 3 is 2.73 bits per heavy atom. The Morgan fingerprint density at radius 1 is 1.30 bits per heavy atom. The van der Waals surface area contributed by atoms with Crippen molar-refractivity contribution < 1.29 is 14.9 Å². The molecule has 0 spiro atoms. The SMILES string of the molecule is C=C(N)c1ncn([C@@H]2O[C@H](CNC3CC(CCc4nc5c([nH]4)CC(C(C)(C)C)C=C5)C3)[C@@H](O)[C@H]2O)c1C. The summed E-state index contributed by atoms with van der Waals surface area (Å²) < 4.78 is 7.75. The van der Waals surface area contributed by atoms with Gasteiger partial charge >= 0.3 is 0 Å². The zero-order valence-electron chi connectivity index (χ0n) is 22.4. The molecule has 2 aliphatic carbocycles. The number of aliphatic hydroxyl groups excluding tert-OH is 2. The van der Waals surface area contributed by atoms with Crippen LogP contribution in [-0.2, 0) is 17.6 Å². The number of imidazole rings is 2. The van der Waals surface area contributed by atoms with Crippen LogP contribution in [0.4, 0.5) is 0 Å². The first-order valence-corrected chi connectivity index (χ1v) is 13.5. The summed E-state index contributed by atoms with van der Waals surface area (Å²) in [5.41, 5.74) is 10.1. The minimum atomic E-state index is -1.04. The van der Waals surface area contributed by atoms with Crippen LogP contribution in [0.25, 0.3) is 11.8 Å². The average molecular weight is 511 g/mol. The maximum Gasteiger partial charge on any atom is 0.164 e. The second-order valence-electron chi connectivity index (χ2n) is 12.2. The molecule has 1 saturated carbocycles. The summed E-state index contributed by atoms with van der Waals surface area (Å²) >= 11 is 0. The van der Waals surface area contributed by atoms with E-state index in [1.165, 1.54) is 5.69 Å². The van der Waals surface area contributed by atoms with Gasteiger partial charge in [0.2, 0.25) is 0 Å². The number of aryl methyl sites for hydroxylation is 1. The molecule has 202 valence electrons. The van der Waals surface area contributed by atoms with Gasteiger partial charge in [0, 0.05) is 30.4 Å². The first-order chi connectivity index (χ1) is 17.5. The predicted molar refractivity (Wildman–Crippen MR) is 143 cm³/mol. The number of aromatic nitrogens is 4. The van der Waals surface area contributed by atoms with E-state index in [-0.39, 0.29) is 5.41 Å². The maximum atomic E-state index is 10.6. The summed E-state index contributed by atoms with van der Waals surface area (Å²) in [6.07, 6.45) is 8.18. The van der Waals surface area contributed by atoms with Crippen molar-refractivity contribution in [2.45, 2.75) is 90.4 Å². The van der Waals surface area contributed by atoms with Gasteiger partial charge in [0.1, 0.15) is 29.8 Å². The molecule has 1 unspecified atom stereocenters. The van der Waals surface area contributed by atoms with Crippen LogP contribution in [0.2, 0.25) is 0 Å². The third kappa shape index (κ3) is 5.27. The lowest BCUT2D eigenvalue weighted by Gasteiger charge is -2.36. The van der Waals surface area contributed by atoms with E-state index in [0.29, 0.717) is 35.8 Å². The van der Waals surface area contributed by atoms with Gasteiger partial charge < -0.3 is 35.6 Å². The van der Waals surface area contributed by atoms with E-state index < -0.39 is 24.5 Å². The third-order valence-electron chi connectivity index (χ3n) is 8.47. The number of aromatic amines is 1. The minimum absolute atomic E-state index is 0.258. The number of hydrogen-bond acceptors (Lipinski definition) is 7. The van der Waals surface area contributed by atoms with Gasteiger partial charge in [-0.15, -0.1) is 0 Å². The van der Waals surface area contributed by atoms with Gasteiger partial charge in [-0.3, -0.25) is 0 Å². The molecule has 0 radical (unpaired) electrons. The molecule has 37 heavy (non-hydrogen) atoms. The normalized spacial score (nSPS) is 31.4. The van der Waals surface area contributed by atoms with Crippen molar-refractivity contribution in [2.75, 3.05) is 6.54 Å². The van der Waals surface area contributed by atoms with Crippen molar-refractivity contribution in [2.24, 2.45) is 23.0 Å². The highest BCUT2D eigenvalue weighted by Gasteiger charge is 2.44. The Kier molecular flexibility index (Phi) is 7.08. The fourth-order valence-electron chi connectivity index (χ4n) is 5.86. The van der Waals surface area contributed by atoms with Gasteiger partial charge in [0.25, 0.3) is 0 Å². The predicted octanol–water partition coefficient (Wildman–Crippen LogP) is 2.70. The Bertz CT molecular complexity index is 1160. The number of nitrogens with zero attached hydrogens (tertiary/aromatic N) is 3. The lowest BCUT2D eigenvalue weighted by Crippen LogP contribution is -2.46. The number of ether oxygens (including phenoxy) is 1. The number of allylic oxidation sites excluding steroid dienone is 1. The topological polar surface area (TPSA) is 134 Å². The highest BCUT2D eigenvalue weighted by molar-refractivity contribution is 5.58. The summed E-state index contributed by atoms with van der Waals surface area (Å²) in [6.45, 7) is 12.9. The zero-order valence-corrected chi connectivity index (χ0v) is 22.4. The molecule has 1 saturated heterocycles. The molecule has 0 bridgehead atoms. The molecule has 2 aromatic heterocycles. The summed E-state index contributed by atoms with van der Waals surface area (Å²) in [6, 6.07) is 0.402. The number of H-pyrrole nitrogens is 1. The maximum absolute atomic E-state index is 10.6. The van der Waals surface area contributed by atoms with Crippen molar-refractivity contribution in [3.63, 3.8) is 0 Å². The lowest BCUT2D eigenvalue weighted by atomic mass is 9.76. The van der Waals surface area contributed by atoms with Crippen molar-refractivity contribution in [3.8, 4) is 0 Å². The number of aliphatic hydroxyl groups is 2. The van der Waals surface area contributed by atoms with Crippen molar-refractivity contribution in [3.05, 3.63) is 47.6 Å². The molecular weight excluding hydrogens is 468 g/mol. The molecule has 0 aromatic carbocycles. The first-order valence-electron chi connectivity index (χ1n) is 13.5. The Balaban J connectivity index is 1.06.